The normalized spacial score (nSPS) is 12.1. The highest BCUT2D eigenvalue weighted by Gasteiger charge is 2.21. The molecule has 0 atom stereocenters. The topological polar surface area (TPSA) is 67.4 Å². The van der Waals surface area contributed by atoms with E-state index in [1.54, 1.807) is 36.4 Å². The van der Waals surface area contributed by atoms with Gasteiger partial charge in [0.05, 0.1) is 16.8 Å². The first-order valence-electron chi connectivity index (χ1n) is 8.32. The van der Waals surface area contributed by atoms with Gasteiger partial charge in [0.25, 0.3) is 11.8 Å². The van der Waals surface area contributed by atoms with Gasteiger partial charge in [0, 0.05) is 10.6 Å². The van der Waals surface area contributed by atoms with Crippen LogP contribution in [-0.4, -0.2) is 18.1 Å². The van der Waals surface area contributed by atoms with Gasteiger partial charge in [-0.25, -0.2) is 0 Å². The molecular weight excluding hydrogens is 360 g/mol. The monoisotopic (exact) mass is 376 g/mol. The van der Waals surface area contributed by atoms with Crippen molar-refractivity contribution in [3.05, 3.63) is 77.9 Å². The second-order valence-corrected chi connectivity index (χ2v) is 6.77. The van der Waals surface area contributed by atoms with Gasteiger partial charge in [0.1, 0.15) is 5.75 Å². The summed E-state index contributed by atoms with van der Waals surface area (Å²) < 4.78 is 5.85. The molecule has 0 saturated carbocycles. The summed E-state index contributed by atoms with van der Waals surface area (Å²) in [6.07, 6.45) is 1.92. The lowest BCUT2D eigenvalue weighted by molar-refractivity contribution is 0.101. The molecule has 4 rings (SSSR count). The Hall–Kier alpha value is -3.25. The van der Waals surface area contributed by atoms with Gasteiger partial charge in [-0.1, -0.05) is 24.3 Å². The maximum Gasteiger partial charge on any atom is 0.259 e. The van der Waals surface area contributed by atoms with Crippen LogP contribution in [0.3, 0.4) is 0 Å². The molecular formula is C21H16N2O3S. The van der Waals surface area contributed by atoms with Gasteiger partial charge in [-0.3, -0.25) is 9.59 Å². The van der Waals surface area contributed by atoms with Crippen molar-refractivity contribution < 1.29 is 14.3 Å². The maximum atomic E-state index is 12.6. The summed E-state index contributed by atoms with van der Waals surface area (Å²) in [7, 11) is 0. The molecule has 0 saturated heterocycles. The number of rotatable bonds is 3. The average Bonchev–Trinajstić information content (AvgIpc) is 2.83. The van der Waals surface area contributed by atoms with E-state index in [0.717, 1.165) is 4.90 Å². The molecule has 1 aliphatic heterocycles. The number of carbonyl (C=O) groups is 2. The van der Waals surface area contributed by atoms with Crippen LogP contribution in [0.25, 0.3) is 0 Å². The minimum atomic E-state index is -0.282. The number of fused-ring (bicyclic) bond motifs is 2. The van der Waals surface area contributed by atoms with E-state index in [1.807, 2.05) is 36.6 Å². The molecule has 1 heterocycles. The fourth-order valence-electron chi connectivity index (χ4n) is 2.87. The second kappa shape index (κ2) is 7.17. The third-order valence-corrected chi connectivity index (χ3v) is 4.98. The van der Waals surface area contributed by atoms with E-state index in [0.29, 0.717) is 34.0 Å². The minimum Gasteiger partial charge on any atom is -0.454 e. The Kier molecular flexibility index (Phi) is 4.56. The van der Waals surface area contributed by atoms with E-state index in [2.05, 4.69) is 10.6 Å². The Morgan fingerprint density at radius 2 is 1.78 bits per heavy atom. The number of hydrogen-bond acceptors (Lipinski definition) is 4. The Balaban J connectivity index is 1.63. The van der Waals surface area contributed by atoms with Crippen LogP contribution in [-0.2, 0) is 0 Å². The van der Waals surface area contributed by atoms with E-state index in [9.17, 15) is 9.59 Å². The highest BCUT2D eigenvalue weighted by molar-refractivity contribution is 7.98. The first kappa shape index (κ1) is 17.2. The fourth-order valence-corrected chi connectivity index (χ4v) is 3.47. The zero-order chi connectivity index (χ0) is 18.8. The molecule has 0 aromatic heterocycles. The van der Waals surface area contributed by atoms with Crippen molar-refractivity contribution in [3.63, 3.8) is 0 Å². The summed E-state index contributed by atoms with van der Waals surface area (Å²) in [6.45, 7) is 0. The fraction of sp³-hybridized carbons (Fsp3) is 0.0476. The van der Waals surface area contributed by atoms with E-state index < -0.39 is 0 Å². The number of anilines is 2. The number of nitrogens with one attached hydrogen (secondary N) is 2. The molecule has 3 aromatic carbocycles. The molecule has 0 unspecified atom stereocenters. The molecule has 1 aliphatic rings. The number of ether oxygens (including phenoxy) is 1. The van der Waals surface area contributed by atoms with Crippen molar-refractivity contribution in [1.82, 2.24) is 0 Å². The van der Waals surface area contributed by atoms with Crippen molar-refractivity contribution in [3.8, 4) is 11.5 Å². The van der Waals surface area contributed by atoms with Crippen LogP contribution < -0.4 is 15.4 Å². The Morgan fingerprint density at radius 1 is 1.00 bits per heavy atom. The summed E-state index contributed by atoms with van der Waals surface area (Å²) in [4.78, 5) is 26.1. The molecule has 6 heteroatoms. The first-order valence-corrected chi connectivity index (χ1v) is 9.55. The quantitative estimate of drug-likeness (QED) is 0.630. The molecule has 0 aliphatic carbocycles. The van der Waals surface area contributed by atoms with Crippen LogP contribution in [0.5, 0.6) is 11.5 Å². The largest absolute Gasteiger partial charge is 0.454 e. The summed E-state index contributed by atoms with van der Waals surface area (Å²) >= 11 is 1.51. The lowest BCUT2D eigenvalue weighted by Crippen LogP contribution is -2.14. The zero-order valence-corrected chi connectivity index (χ0v) is 15.3. The van der Waals surface area contributed by atoms with Crippen molar-refractivity contribution in [2.75, 3.05) is 16.9 Å². The van der Waals surface area contributed by atoms with E-state index >= 15 is 0 Å². The maximum absolute atomic E-state index is 12.6. The number of benzene rings is 3. The molecule has 0 fully saturated rings. The van der Waals surface area contributed by atoms with E-state index in [1.165, 1.54) is 11.8 Å². The van der Waals surface area contributed by atoms with Crippen LogP contribution in [0.4, 0.5) is 11.4 Å². The lowest BCUT2D eigenvalue weighted by Gasteiger charge is -2.11. The van der Waals surface area contributed by atoms with Crippen LogP contribution in [0, 0.1) is 0 Å². The van der Waals surface area contributed by atoms with Crippen molar-refractivity contribution in [2.45, 2.75) is 4.90 Å². The first-order chi connectivity index (χ1) is 13.2. The highest BCUT2D eigenvalue weighted by atomic mass is 32.2. The highest BCUT2D eigenvalue weighted by Crippen LogP contribution is 2.36. The van der Waals surface area contributed by atoms with E-state index in [-0.39, 0.29) is 11.8 Å². The van der Waals surface area contributed by atoms with Crippen LogP contribution in [0.2, 0.25) is 0 Å². The summed E-state index contributed by atoms with van der Waals surface area (Å²) in [5, 5.41) is 5.69. The zero-order valence-electron chi connectivity index (χ0n) is 14.5. The van der Waals surface area contributed by atoms with Crippen molar-refractivity contribution >= 4 is 35.0 Å². The minimum absolute atomic E-state index is 0.224. The summed E-state index contributed by atoms with van der Waals surface area (Å²) in [5.74, 6) is 0.518. The molecule has 0 bridgehead atoms. The molecule has 3 aromatic rings. The number of para-hydroxylation sites is 2. The van der Waals surface area contributed by atoms with Crippen molar-refractivity contribution in [2.24, 2.45) is 0 Å². The van der Waals surface area contributed by atoms with Crippen LogP contribution >= 0.6 is 11.8 Å². The van der Waals surface area contributed by atoms with Gasteiger partial charge in [-0.2, -0.15) is 0 Å². The van der Waals surface area contributed by atoms with Gasteiger partial charge in [0.15, 0.2) is 5.75 Å². The molecule has 5 nitrogen and oxygen atoms in total. The molecule has 27 heavy (non-hydrogen) atoms. The van der Waals surface area contributed by atoms with Gasteiger partial charge in [-0.15, -0.1) is 11.8 Å². The second-order valence-electron chi connectivity index (χ2n) is 5.92. The van der Waals surface area contributed by atoms with Gasteiger partial charge in [-0.05, 0) is 48.7 Å². The number of thioether (sulfide) groups is 1. The van der Waals surface area contributed by atoms with E-state index in [4.69, 9.17) is 4.74 Å². The standard InChI is InChI=1S/C21H16N2O3S/c1-27-19-9-5-2-6-14(19)20(24)22-13-10-11-17-15(12-13)21(25)23-16-7-3-4-8-18(16)26-17/h2-12H,1H3,(H,22,24)(H,23,25). The molecule has 0 spiro atoms. The smallest absolute Gasteiger partial charge is 0.259 e. The predicted molar refractivity (Wildman–Crippen MR) is 107 cm³/mol. The summed E-state index contributed by atoms with van der Waals surface area (Å²) in [6, 6.07) is 19.7. The molecule has 0 radical (unpaired) electrons. The third kappa shape index (κ3) is 3.39. The van der Waals surface area contributed by atoms with Gasteiger partial charge >= 0.3 is 0 Å². The average molecular weight is 376 g/mol. The van der Waals surface area contributed by atoms with Crippen LogP contribution in [0.15, 0.2) is 71.6 Å². The Morgan fingerprint density at radius 3 is 2.63 bits per heavy atom. The molecule has 134 valence electrons. The Bertz CT molecular complexity index is 1050. The molecule has 2 amide bonds. The molecule has 2 N–H and O–H groups in total. The van der Waals surface area contributed by atoms with Gasteiger partial charge in [0.2, 0.25) is 0 Å². The third-order valence-electron chi connectivity index (χ3n) is 4.19. The number of amides is 2. The number of carbonyl (C=O) groups excluding carboxylic acids is 2. The predicted octanol–water partition coefficient (Wildman–Crippen LogP) is 5.02. The number of hydrogen-bond donors (Lipinski definition) is 2. The lowest BCUT2D eigenvalue weighted by atomic mass is 10.1. The van der Waals surface area contributed by atoms with Crippen molar-refractivity contribution in [1.29, 1.82) is 0 Å². The SMILES string of the molecule is CSc1ccccc1C(=O)Nc1ccc2c(c1)C(=O)Nc1ccccc1O2. The van der Waals surface area contributed by atoms with Crippen LogP contribution in [0.1, 0.15) is 20.7 Å². The Labute approximate surface area is 160 Å². The van der Waals surface area contributed by atoms with Gasteiger partial charge < -0.3 is 15.4 Å². The summed E-state index contributed by atoms with van der Waals surface area (Å²) in [5.41, 5.74) is 2.09.